The first-order chi connectivity index (χ1) is 11.5. The van der Waals surface area contributed by atoms with E-state index < -0.39 is 0 Å². The van der Waals surface area contributed by atoms with Crippen LogP contribution < -0.4 is 16.0 Å². The van der Waals surface area contributed by atoms with Gasteiger partial charge in [0.2, 0.25) is 0 Å². The average Bonchev–Trinajstić information content (AvgIpc) is 2.57. The summed E-state index contributed by atoms with van der Waals surface area (Å²) in [5, 5.41) is 9.53. The first kappa shape index (κ1) is 23.7. The molecule has 0 spiro atoms. The summed E-state index contributed by atoms with van der Waals surface area (Å²) in [7, 11) is 1.78. The predicted octanol–water partition coefficient (Wildman–Crippen LogP) is 3.54. The predicted molar refractivity (Wildman–Crippen MR) is 117 cm³/mol. The molecule has 6 heteroatoms. The molecule has 142 valence electrons. The lowest BCUT2D eigenvalue weighted by molar-refractivity contribution is 0.0956. The molecule has 0 aliphatic heterocycles. The van der Waals surface area contributed by atoms with Crippen LogP contribution in [0, 0.1) is 5.92 Å². The number of hydrogen-bond acceptors (Lipinski definition) is 2. The number of carbonyl (C=O) groups excluding carboxylic acids is 1. The first-order valence-corrected chi connectivity index (χ1v) is 8.80. The summed E-state index contributed by atoms with van der Waals surface area (Å²) < 4.78 is 0. The molecular weight excluding hydrogens is 427 g/mol. The fourth-order valence-electron chi connectivity index (χ4n) is 2.31. The molecule has 0 aliphatic carbocycles. The van der Waals surface area contributed by atoms with Gasteiger partial charge in [-0.3, -0.25) is 9.79 Å². The number of nitrogens with zero attached hydrogens (tertiary/aromatic N) is 1. The molecule has 0 heterocycles. The van der Waals surface area contributed by atoms with Gasteiger partial charge in [-0.1, -0.05) is 26.0 Å². The lowest BCUT2D eigenvalue weighted by Gasteiger charge is -2.18. The molecule has 0 aromatic heterocycles. The molecule has 0 radical (unpaired) electrons. The SMILES string of the molecule is CCNC(=O)c1ccc(CNC(=NC)NC(C)CCC(C)C)cc1.I. The molecule has 0 saturated carbocycles. The number of nitrogens with one attached hydrogen (secondary N) is 3. The minimum absolute atomic E-state index is 0. The van der Waals surface area contributed by atoms with Crippen LogP contribution in [0.1, 0.15) is 56.5 Å². The quantitative estimate of drug-likeness (QED) is 0.316. The van der Waals surface area contributed by atoms with E-state index in [1.54, 1.807) is 7.05 Å². The van der Waals surface area contributed by atoms with Crippen molar-refractivity contribution in [1.29, 1.82) is 0 Å². The molecule has 1 aromatic carbocycles. The second-order valence-corrected chi connectivity index (χ2v) is 6.50. The Morgan fingerprint density at radius 3 is 2.24 bits per heavy atom. The van der Waals surface area contributed by atoms with Crippen LogP contribution >= 0.6 is 24.0 Å². The van der Waals surface area contributed by atoms with Gasteiger partial charge in [-0.15, -0.1) is 24.0 Å². The summed E-state index contributed by atoms with van der Waals surface area (Å²) in [6.45, 7) is 9.88. The highest BCUT2D eigenvalue weighted by Gasteiger charge is 2.07. The van der Waals surface area contributed by atoms with Crippen LogP contribution in [0.5, 0.6) is 0 Å². The van der Waals surface area contributed by atoms with Crippen LogP contribution in [0.3, 0.4) is 0 Å². The molecule has 0 aliphatic rings. The van der Waals surface area contributed by atoms with Crippen molar-refractivity contribution in [3.8, 4) is 0 Å². The number of carbonyl (C=O) groups is 1. The number of aliphatic imine (C=N–C) groups is 1. The summed E-state index contributed by atoms with van der Waals surface area (Å²) in [5.74, 6) is 1.49. The van der Waals surface area contributed by atoms with Crippen LogP contribution in [0.4, 0.5) is 0 Å². The minimum atomic E-state index is -0.0338. The minimum Gasteiger partial charge on any atom is -0.354 e. The first-order valence-electron chi connectivity index (χ1n) is 8.80. The molecule has 1 atom stereocenters. The maximum atomic E-state index is 11.7. The normalized spacial score (nSPS) is 12.3. The molecular formula is C19H33IN4O. The summed E-state index contributed by atoms with van der Waals surface area (Å²) in [6, 6.07) is 8.02. The van der Waals surface area contributed by atoms with Gasteiger partial charge < -0.3 is 16.0 Å². The van der Waals surface area contributed by atoms with Gasteiger partial charge >= 0.3 is 0 Å². The highest BCUT2D eigenvalue weighted by Crippen LogP contribution is 2.07. The van der Waals surface area contributed by atoms with Gasteiger partial charge in [0.15, 0.2) is 5.96 Å². The third-order valence-corrected chi connectivity index (χ3v) is 3.80. The van der Waals surface area contributed by atoms with Crippen LogP contribution in [-0.2, 0) is 6.54 Å². The van der Waals surface area contributed by atoms with E-state index in [9.17, 15) is 4.79 Å². The Balaban J connectivity index is 0.00000576. The Kier molecular flexibility index (Phi) is 12.3. The molecule has 0 bridgehead atoms. The van der Waals surface area contributed by atoms with Crippen LogP contribution in [0.2, 0.25) is 0 Å². The third-order valence-electron chi connectivity index (χ3n) is 3.80. The van der Waals surface area contributed by atoms with Crippen molar-refractivity contribution in [2.45, 2.75) is 53.1 Å². The van der Waals surface area contributed by atoms with E-state index in [0.29, 0.717) is 30.6 Å². The highest BCUT2D eigenvalue weighted by atomic mass is 127. The fourth-order valence-corrected chi connectivity index (χ4v) is 2.31. The Morgan fingerprint density at radius 2 is 1.72 bits per heavy atom. The summed E-state index contributed by atoms with van der Waals surface area (Å²) >= 11 is 0. The molecule has 0 saturated heterocycles. The van der Waals surface area contributed by atoms with Gasteiger partial charge in [0.1, 0.15) is 0 Å². The van der Waals surface area contributed by atoms with Crippen molar-refractivity contribution in [2.75, 3.05) is 13.6 Å². The number of halogens is 1. The van der Waals surface area contributed by atoms with Crippen molar-refractivity contribution >= 4 is 35.8 Å². The number of amides is 1. The van der Waals surface area contributed by atoms with E-state index in [0.717, 1.165) is 17.9 Å². The van der Waals surface area contributed by atoms with Crippen LogP contribution in [0.15, 0.2) is 29.3 Å². The zero-order chi connectivity index (χ0) is 17.9. The van der Waals surface area contributed by atoms with Crippen molar-refractivity contribution in [3.63, 3.8) is 0 Å². The van der Waals surface area contributed by atoms with Gasteiger partial charge in [0.25, 0.3) is 5.91 Å². The molecule has 0 fully saturated rings. The van der Waals surface area contributed by atoms with E-state index in [1.165, 1.54) is 6.42 Å². The maximum Gasteiger partial charge on any atom is 0.251 e. The fraction of sp³-hybridized carbons (Fsp3) is 0.579. The smallest absolute Gasteiger partial charge is 0.251 e. The molecule has 5 nitrogen and oxygen atoms in total. The second kappa shape index (κ2) is 13.0. The van der Waals surface area contributed by atoms with Gasteiger partial charge in [-0.25, -0.2) is 0 Å². The Hall–Kier alpha value is -1.31. The molecule has 1 amide bonds. The number of hydrogen-bond donors (Lipinski definition) is 3. The zero-order valence-corrected chi connectivity index (χ0v) is 18.4. The number of benzene rings is 1. The molecule has 3 N–H and O–H groups in total. The monoisotopic (exact) mass is 460 g/mol. The summed E-state index contributed by atoms with van der Waals surface area (Å²) in [5.41, 5.74) is 1.80. The number of rotatable bonds is 8. The van der Waals surface area contributed by atoms with Crippen molar-refractivity contribution in [3.05, 3.63) is 35.4 Å². The van der Waals surface area contributed by atoms with Gasteiger partial charge in [0.05, 0.1) is 0 Å². The van der Waals surface area contributed by atoms with E-state index in [1.807, 2.05) is 31.2 Å². The Labute approximate surface area is 169 Å². The van der Waals surface area contributed by atoms with Crippen LogP contribution in [0.25, 0.3) is 0 Å². The zero-order valence-electron chi connectivity index (χ0n) is 16.1. The van der Waals surface area contributed by atoms with E-state index in [4.69, 9.17) is 0 Å². The number of guanidine groups is 1. The van der Waals surface area contributed by atoms with Gasteiger partial charge in [-0.2, -0.15) is 0 Å². The lowest BCUT2D eigenvalue weighted by Crippen LogP contribution is -2.41. The Morgan fingerprint density at radius 1 is 1.08 bits per heavy atom. The highest BCUT2D eigenvalue weighted by molar-refractivity contribution is 14.0. The van der Waals surface area contributed by atoms with E-state index in [2.05, 4.69) is 41.7 Å². The summed E-state index contributed by atoms with van der Waals surface area (Å²) in [4.78, 5) is 16.0. The van der Waals surface area contributed by atoms with E-state index in [-0.39, 0.29) is 29.9 Å². The third kappa shape index (κ3) is 9.67. The van der Waals surface area contributed by atoms with E-state index >= 15 is 0 Å². The van der Waals surface area contributed by atoms with Gasteiger partial charge in [-0.05, 0) is 50.3 Å². The van der Waals surface area contributed by atoms with Crippen LogP contribution in [-0.4, -0.2) is 31.5 Å². The standard InChI is InChI=1S/C19H32N4O.HI/c1-6-21-18(24)17-11-9-16(10-12-17)13-22-19(20-5)23-15(4)8-7-14(2)3;/h9-12,14-15H,6-8,13H2,1-5H3,(H,21,24)(H2,20,22,23);1H. The Bertz CT molecular complexity index is 529. The maximum absolute atomic E-state index is 11.7. The van der Waals surface area contributed by atoms with Crippen molar-refractivity contribution < 1.29 is 4.79 Å². The largest absolute Gasteiger partial charge is 0.354 e. The average molecular weight is 460 g/mol. The van der Waals surface area contributed by atoms with Crippen molar-refractivity contribution in [2.24, 2.45) is 10.9 Å². The topological polar surface area (TPSA) is 65.5 Å². The molecule has 1 rings (SSSR count). The van der Waals surface area contributed by atoms with Gasteiger partial charge in [0, 0.05) is 31.7 Å². The summed E-state index contributed by atoms with van der Waals surface area (Å²) in [6.07, 6.45) is 2.33. The second-order valence-electron chi connectivity index (χ2n) is 6.50. The lowest BCUT2D eigenvalue weighted by atomic mass is 10.0. The van der Waals surface area contributed by atoms with Crippen molar-refractivity contribution in [1.82, 2.24) is 16.0 Å². The molecule has 25 heavy (non-hydrogen) atoms. The molecule has 1 unspecified atom stereocenters. The molecule has 1 aromatic rings.